The van der Waals surface area contributed by atoms with E-state index in [1.165, 1.54) is 30.1 Å². The molecule has 0 spiro atoms. The minimum Gasteiger partial charge on any atom is -0.493 e. The molecule has 1 aromatic heterocycles. The molecule has 0 saturated carbocycles. The number of halogens is 3. The van der Waals surface area contributed by atoms with E-state index in [1.807, 2.05) is 17.6 Å². The molecule has 8 nitrogen and oxygen atoms in total. The van der Waals surface area contributed by atoms with Gasteiger partial charge in [0, 0.05) is 12.1 Å². The number of benzene rings is 2. The molecule has 0 radical (unpaired) electrons. The van der Waals surface area contributed by atoms with E-state index in [4.69, 9.17) is 9.47 Å². The molecule has 3 rings (SSSR count). The number of hydrogen-bond acceptors (Lipinski definition) is 7. The van der Waals surface area contributed by atoms with Crippen LogP contribution in [0.4, 0.5) is 13.2 Å². The monoisotopic (exact) mass is 493 g/mol. The molecule has 0 aliphatic heterocycles. The van der Waals surface area contributed by atoms with E-state index < -0.39 is 17.6 Å². The van der Waals surface area contributed by atoms with E-state index in [-0.39, 0.29) is 5.75 Å². The SMILES string of the molecule is CCn1c(SCC(=O)NN=Cc2ccc(C(F)(F)F)cc2)nnc1-c1ccc(OC)c(OC)c1. The Morgan fingerprint density at radius 2 is 1.82 bits per heavy atom. The highest BCUT2D eigenvalue weighted by Gasteiger charge is 2.29. The van der Waals surface area contributed by atoms with Crippen LogP contribution >= 0.6 is 11.8 Å². The molecule has 0 fully saturated rings. The molecule has 0 aliphatic carbocycles. The Bertz CT molecular complexity index is 1160. The largest absolute Gasteiger partial charge is 0.493 e. The van der Waals surface area contributed by atoms with Crippen LogP contribution in [-0.2, 0) is 17.5 Å². The summed E-state index contributed by atoms with van der Waals surface area (Å²) in [5, 5.41) is 12.8. The Morgan fingerprint density at radius 1 is 1.12 bits per heavy atom. The number of carbonyl (C=O) groups excluding carboxylic acids is 1. The summed E-state index contributed by atoms with van der Waals surface area (Å²) in [6, 6.07) is 9.86. The van der Waals surface area contributed by atoms with Gasteiger partial charge in [0.15, 0.2) is 22.5 Å². The number of aromatic nitrogens is 3. The lowest BCUT2D eigenvalue weighted by Crippen LogP contribution is -2.20. The number of nitrogens with one attached hydrogen (secondary N) is 1. The minimum atomic E-state index is -4.40. The standard InChI is InChI=1S/C22H22F3N5O3S/c1-4-30-20(15-7-10-17(32-2)18(11-15)33-3)28-29-21(30)34-13-19(31)27-26-12-14-5-8-16(9-6-14)22(23,24)25/h5-12H,4,13H2,1-3H3,(H,27,31). The van der Waals surface area contributed by atoms with Gasteiger partial charge in [0.05, 0.1) is 31.8 Å². The molecule has 180 valence electrons. The predicted octanol–water partition coefficient (Wildman–Crippen LogP) is 4.24. The van der Waals surface area contributed by atoms with Crippen molar-refractivity contribution in [3.05, 3.63) is 53.6 Å². The first-order valence-electron chi connectivity index (χ1n) is 10.0. The topological polar surface area (TPSA) is 90.6 Å². The number of ether oxygens (including phenoxy) is 2. The molecule has 34 heavy (non-hydrogen) atoms. The Balaban J connectivity index is 1.61. The number of alkyl halides is 3. The highest BCUT2D eigenvalue weighted by molar-refractivity contribution is 7.99. The van der Waals surface area contributed by atoms with Crippen molar-refractivity contribution in [2.45, 2.75) is 24.8 Å². The fourth-order valence-electron chi connectivity index (χ4n) is 2.97. The molecule has 3 aromatic rings. The van der Waals surface area contributed by atoms with E-state index in [1.54, 1.807) is 26.4 Å². The summed E-state index contributed by atoms with van der Waals surface area (Å²) in [7, 11) is 3.10. The van der Waals surface area contributed by atoms with Gasteiger partial charge >= 0.3 is 6.18 Å². The average molecular weight is 494 g/mol. The molecule has 0 unspecified atom stereocenters. The Morgan fingerprint density at radius 3 is 2.44 bits per heavy atom. The van der Waals surface area contributed by atoms with Gasteiger partial charge < -0.3 is 14.0 Å². The molecule has 1 N–H and O–H groups in total. The quantitative estimate of drug-likeness (QED) is 0.272. The van der Waals surface area contributed by atoms with Gasteiger partial charge in [0.1, 0.15) is 0 Å². The molecule has 0 aliphatic rings. The van der Waals surface area contributed by atoms with Gasteiger partial charge in [-0.25, -0.2) is 5.43 Å². The Labute approximate surface area is 198 Å². The summed E-state index contributed by atoms with van der Waals surface area (Å²) in [5.41, 5.74) is 2.80. The van der Waals surface area contributed by atoms with Gasteiger partial charge in [-0.05, 0) is 42.8 Å². The van der Waals surface area contributed by atoms with E-state index in [0.717, 1.165) is 17.7 Å². The third kappa shape index (κ3) is 6.07. The zero-order valence-electron chi connectivity index (χ0n) is 18.6. The number of rotatable bonds is 9. The van der Waals surface area contributed by atoms with Gasteiger partial charge in [0.2, 0.25) is 0 Å². The van der Waals surface area contributed by atoms with Crippen molar-refractivity contribution in [3.8, 4) is 22.9 Å². The predicted molar refractivity (Wildman–Crippen MR) is 122 cm³/mol. The number of nitrogens with zero attached hydrogens (tertiary/aromatic N) is 4. The van der Waals surface area contributed by atoms with Gasteiger partial charge in [-0.15, -0.1) is 10.2 Å². The lowest BCUT2D eigenvalue weighted by Gasteiger charge is -2.10. The Kier molecular flexibility index (Phi) is 8.16. The summed E-state index contributed by atoms with van der Waals surface area (Å²) in [5.74, 6) is 1.40. The fourth-order valence-corrected chi connectivity index (χ4v) is 3.76. The van der Waals surface area contributed by atoms with Crippen LogP contribution in [0.5, 0.6) is 11.5 Å². The molecule has 2 aromatic carbocycles. The summed E-state index contributed by atoms with van der Waals surface area (Å²) in [6.07, 6.45) is -3.13. The first kappa shape index (κ1) is 25.1. The summed E-state index contributed by atoms with van der Waals surface area (Å²) in [4.78, 5) is 12.1. The van der Waals surface area contributed by atoms with Gasteiger partial charge in [-0.1, -0.05) is 23.9 Å². The molecule has 12 heteroatoms. The van der Waals surface area contributed by atoms with Crippen molar-refractivity contribution in [1.29, 1.82) is 0 Å². The number of thioether (sulfide) groups is 1. The van der Waals surface area contributed by atoms with Crippen molar-refractivity contribution >= 4 is 23.9 Å². The zero-order chi connectivity index (χ0) is 24.7. The Hall–Kier alpha value is -3.54. The number of hydrogen-bond donors (Lipinski definition) is 1. The van der Waals surface area contributed by atoms with Crippen LogP contribution in [0.15, 0.2) is 52.7 Å². The lowest BCUT2D eigenvalue weighted by atomic mass is 10.1. The number of methoxy groups -OCH3 is 2. The van der Waals surface area contributed by atoms with Crippen LogP contribution in [0.25, 0.3) is 11.4 Å². The second-order valence-electron chi connectivity index (χ2n) is 6.82. The van der Waals surface area contributed by atoms with Crippen molar-refractivity contribution in [1.82, 2.24) is 20.2 Å². The molecular weight excluding hydrogens is 471 g/mol. The summed E-state index contributed by atoms with van der Waals surface area (Å²) >= 11 is 1.19. The maximum atomic E-state index is 12.6. The summed E-state index contributed by atoms with van der Waals surface area (Å²) < 4.78 is 50.3. The van der Waals surface area contributed by atoms with E-state index in [0.29, 0.717) is 34.6 Å². The third-order valence-electron chi connectivity index (χ3n) is 4.65. The van der Waals surface area contributed by atoms with E-state index in [2.05, 4.69) is 20.7 Å². The van der Waals surface area contributed by atoms with Gasteiger partial charge in [-0.3, -0.25) is 4.79 Å². The highest BCUT2D eigenvalue weighted by atomic mass is 32.2. The van der Waals surface area contributed by atoms with Crippen LogP contribution in [0, 0.1) is 0 Å². The maximum absolute atomic E-state index is 12.6. The van der Waals surface area contributed by atoms with Crippen LogP contribution in [0.1, 0.15) is 18.1 Å². The fraction of sp³-hybridized carbons (Fsp3) is 0.273. The zero-order valence-corrected chi connectivity index (χ0v) is 19.4. The van der Waals surface area contributed by atoms with Crippen LogP contribution < -0.4 is 14.9 Å². The molecular formula is C22H22F3N5O3S. The number of hydrazone groups is 1. The van der Waals surface area contributed by atoms with Crippen LogP contribution in [-0.4, -0.2) is 46.9 Å². The van der Waals surface area contributed by atoms with Crippen molar-refractivity contribution in [3.63, 3.8) is 0 Å². The second-order valence-corrected chi connectivity index (χ2v) is 7.76. The number of carbonyl (C=O) groups is 1. The lowest BCUT2D eigenvalue weighted by molar-refractivity contribution is -0.137. The van der Waals surface area contributed by atoms with E-state index >= 15 is 0 Å². The highest BCUT2D eigenvalue weighted by Crippen LogP contribution is 2.33. The first-order chi connectivity index (χ1) is 16.3. The van der Waals surface area contributed by atoms with Gasteiger partial charge in [0.25, 0.3) is 5.91 Å². The smallest absolute Gasteiger partial charge is 0.416 e. The first-order valence-corrected chi connectivity index (χ1v) is 11.0. The molecule has 1 amide bonds. The van der Waals surface area contributed by atoms with Gasteiger partial charge in [-0.2, -0.15) is 18.3 Å². The van der Waals surface area contributed by atoms with Crippen molar-refractivity contribution in [2.75, 3.05) is 20.0 Å². The average Bonchev–Trinajstić information content (AvgIpc) is 3.25. The molecule has 0 bridgehead atoms. The molecule has 0 saturated heterocycles. The minimum absolute atomic E-state index is 0.0222. The maximum Gasteiger partial charge on any atom is 0.416 e. The normalized spacial score (nSPS) is 11.6. The van der Waals surface area contributed by atoms with Crippen molar-refractivity contribution in [2.24, 2.45) is 5.10 Å². The molecule has 0 atom stereocenters. The summed E-state index contributed by atoms with van der Waals surface area (Å²) in [6.45, 7) is 2.51. The third-order valence-corrected chi connectivity index (χ3v) is 5.61. The number of amides is 1. The second kappa shape index (κ2) is 11.1. The van der Waals surface area contributed by atoms with Crippen LogP contribution in [0.3, 0.4) is 0 Å². The van der Waals surface area contributed by atoms with Crippen LogP contribution in [0.2, 0.25) is 0 Å². The molecule has 1 heterocycles. The van der Waals surface area contributed by atoms with E-state index in [9.17, 15) is 18.0 Å². The van der Waals surface area contributed by atoms with Crippen molar-refractivity contribution < 1.29 is 27.4 Å².